The molecule has 1 saturated heterocycles. The summed E-state index contributed by atoms with van der Waals surface area (Å²) in [7, 11) is 0. The van der Waals surface area contributed by atoms with Gasteiger partial charge >= 0.3 is 0 Å². The van der Waals surface area contributed by atoms with Gasteiger partial charge in [0.2, 0.25) is 5.91 Å². The summed E-state index contributed by atoms with van der Waals surface area (Å²) >= 11 is 6.17. The van der Waals surface area contributed by atoms with Gasteiger partial charge in [-0.15, -0.1) is 10.2 Å². The van der Waals surface area contributed by atoms with Gasteiger partial charge in [0.05, 0.1) is 12.1 Å². The number of carbonyl (C=O) groups excluding carboxylic acids is 1. The predicted octanol–water partition coefficient (Wildman–Crippen LogP) is 3.08. The Bertz CT molecular complexity index is 941. The minimum absolute atomic E-state index is 0.103. The molecule has 7 heteroatoms. The maximum Gasteiger partial charge on any atom is 0.227 e. The van der Waals surface area contributed by atoms with Crippen molar-refractivity contribution in [2.45, 2.75) is 6.42 Å². The summed E-state index contributed by atoms with van der Waals surface area (Å²) in [6, 6.07) is 15.2. The number of carbonyl (C=O) groups is 1. The Morgan fingerprint density at radius 3 is 2.46 bits per heavy atom. The van der Waals surface area contributed by atoms with E-state index in [9.17, 15) is 4.79 Å². The molecule has 1 amide bonds. The summed E-state index contributed by atoms with van der Waals surface area (Å²) in [5, 5.41) is 9.31. The summed E-state index contributed by atoms with van der Waals surface area (Å²) < 4.78 is 0. The van der Waals surface area contributed by atoms with E-state index in [1.807, 2.05) is 53.4 Å². The molecule has 0 radical (unpaired) electrons. The monoisotopic (exact) mass is 393 g/mol. The molecule has 0 atom stereocenters. The molecule has 0 aliphatic carbocycles. The lowest BCUT2D eigenvalue weighted by Gasteiger charge is -2.35. The molecule has 1 fully saturated rings. The third-order valence-electron chi connectivity index (χ3n) is 4.86. The molecule has 28 heavy (non-hydrogen) atoms. The Morgan fingerprint density at radius 1 is 0.964 bits per heavy atom. The second kappa shape index (κ2) is 8.35. The largest absolute Gasteiger partial charge is 0.352 e. The molecule has 1 aliphatic rings. The van der Waals surface area contributed by atoms with Crippen molar-refractivity contribution in [3.63, 3.8) is 0 Å². The quantitative estimate of drug-likeness (QED) is 0.681. The van der Waals surface area contributed by atoms with Crippen LogP contribution in [0.4, 0.5) is 5.82 Å². The van der Waals surface area contributed by atoms with E-state index in [1.54, 1.807) is 12.4 Å². The Labute approximate surface area is 168 Å². The molecule has 0 spiro atoms. The summed E-state index contributed by atoms with van der Waals surface area (Å²) in [5.74, 6) is 0.927. The normalized spacial score (nSPS) is 14.2. The highest BCUT2D eigenvalue weighted by molar-refractivity contribution is 6.31. The third-order valence-corrected chi connectivity index (χ3v) is 5.23. The number of aromatic nitrogens is 3. The first kappa shape index (κ1) is 18.4. The van der Waals surface area contributed by atoms with Gasteiger partial charge in [0.1, 0.15) is 0 Å². The summed E-state index contributed by atoms with van der Waals surface area (Å²) in [5.41, 5.74) is 2.61. The number of piperazine rings is 1. The van der Waals surface area contributed by atoms with Gasteiger partial charge in [-0.25, -0.2) is 0 Å². The highest BCUT2D eigenvalue weighted by Crippen LogP contribution is 2.20. The molecule has 1 aliphatic heterocycles. The lowest BCUT2D eigenvalue weighted by molar-refractivity contribution is -0.130. The second-order valence-electron chi connectivity index (χ2n) is 6.65. The minimum atomic E-state index is 0.103. The number of rotatable bonds is 4. The van der Waals surface area contributed by atoms with Gasteiger partial charge < -0.3 is 9.80 Å². The maximum atomic E-state index is 12.6. The van der Waals surface area contributed by atoms with Crippen LogP contribution in [0.1, 0.15) is 5.56 Å². The third kappa shape index (κ3) is 4.12. The first-order valence-corrected chi connectivity index (χ1v) is 9.59. The molecule has 0 saturated carbocycles. The predicted molar refractivity (Wildman–Crippen MR) is 109 cm³/mol. The number of hydrogen-bond acceptors (Lipinski definition) is 5. The van der Waals surface area contributed by atoms with Crippen molar-refractivity contribution < 1.29 is 4.79 Å². The van der Waals surface area contributed by atoms with Crippen molar-refractivity contribution >= 4 is 23.3 Å². The summed E-state index contributed by atoms with van der Waals surface area (Å²) in [6.45, 7) is 2.79. The number of benzene rings is 1. The average Bonchev–Trinajstić information content (AvgIpc) is 2.76. The molecular weight excluding hydrogens is 374 g/mol. The fraction of sp³-hybridized carbons (Fsp3) is 0.238. The van der Waals surface area contributed by atoms with Crippen LogP contribution >= 0.6 is 11.6 Å². The van der Waals surface area contributed by atoms with Crippen LogP contribution in [-0.4, -0.2) is 52.2 Å². The number of hydrogen-bond donors (Lipinski definition) is 0. The van der Waals surface area contributed by atoms with E-state index < -0.39 is 0 Å². The molecule has 1 aromatic carbocycles. The molecule has 6 nitrogen and oxygen atoms in total. The van der Waals surface area contributed by atoms with Gasteiger partial charge in [0.15, 0.2) is 5.82 Å². The zero-order valence-corrected chi connectivity index (χ0v) is 16.1. The number of anilines is 1. The van der Waals surface area contributed by atoms with Gasteiger partial charge in [0, 0.05) is 49.2 Å². The van der Waals surface area contributed by atoms with Crippen molar-refractivity contribution in [2.24, 2.45) is 0 Å². The topological polar surface area (TPSA) is 62.2 Å². The van der Waals surface area contributed by atoms with E-state index >= 15 is 0 Å². The van der Waals surface area contributed by atoms with Crippen LogP contribution in [0.25, 0.3) is 11.3 Å². The Balaban J connectivity index is 1.35. The molecule has 4 rings (SSSR count). The number of amides is 1. The standard InChI is InChI=1S/C21H20ClN5O/c22-18-6-2-1-4-16(18)14-21(28)27-12-10-26(11-13-27)20-8-7-19(24-25-20)17-5-3-9-23-15-17/h1-9,15H,10-14H2. The Hall–Kier alpha value is -2.99. The van der Waals surface area contributed by atoms with Crippen LogP contribution in [0.15, 0.2) is 60.9 Å². The molecule has 0 N–H and O–H groups in total. The van der Waals surface area contributed by atoms with E-state index in [0.29, 0.717) is 24.5 Å². The van der Waals surface area contributed by atoms with Gasteiger partial charge in [-0.3, -0.25) is 9.78 Å². The van der Waals surface area contributed by atoms with Crippen molar-refractivity contribution in [2.75, 3.05) is 31.1 Å². The maximum absolute atomic E-state index is 12.6. The van der Waals surface area contributed by atoms with Gasteiger partial charge in [-0.1, -0.05) is 29.8 Å². The van der Waals surface area contributed by atoms with Crippen LogP contribution in [0, 0.1) is 0 Å². The van der Waals surface area contributed by atoms with Crippen LogP contribution in [0.5, 0.6) is 0 Å². The van der Waals surface area contributed by atoms with Crippen LogP contribution in [-0.2, 0) is 11.2 Å². The van der Waals surface area contributed by atoms with Gasteiger partial charge in [-0.05, 0) is 35.9 Å². The van der Waals surface area contributed by atoms with Gasteiger partial charge in [0.25, 0.3) is 0 Å². The molecule has 0 bridgehead atoms. The van der Waals surface area contributed by atoms with Crippen molar-refractivity contribution in [3.8, 4) is 11.3 Å². The molecule has 2 aromatic heterocycles. The summed E-state index contributed by atoms with van der Waals surface area (Å²) in [4.78, 5) is 20.7. The van der Waals surface area contributed by atoms with Crippen LogP contribution in [0.2, 0.25) is 5.02 Å². The van der Waals surface area contributed by atoms with Crippen LogP contribution < -0.4 is 4.90 Å². The van der Waals surface area contributed by atoms with Crippen LogP contribution in [0.3, 0.4) is 0 Å². The second-order valence-corrected chi connectivity index (χ2v) is 7.06. The number of pyridine rings is 1. The van der Waals surface area contributed by atoms with E-state index in [4.69, 9.17) is 11.6 Å². The van der Waals surface area contributed by atoms with Crippen molar-refractivity contribution in [3.05, 3.63) is 71.5 Å². The molecule has 3 aromatic rings. The fourth-order valence-corrected chi connectivity index (χ4v) is 3.47. The van der Waals surface area contributed by atoms with E-state index in [-0.39, 0.29) is 5.91 Å². The van der Waals surface area contributed by atoms with Crippen molar-refractivity contribution in [1.82, 2.24) is 20.1 Å². The highest BCUT2D eigenvalue weighted by atomic mass is 35.5. The fourth-order valence-electron chi connectivity index (χ4n) is 3.26. The average molecular weight is 394 g/mol. The summed E-state index contributed by atoms with van der Waals surface area (Å²) in [6.07, 6.45) is 3.84. The first-order chi connectivity index (χ1) is 13.7. The lowest BCUT2D eigenvalue weighted by atomic mass is 10.1. The van der Waals surface area contributed by atoms with E-state index in [0.717, 1.165) is 35.7 Å². The van der Waals surface area contributed by atoms with E-state index in [1.165, 1.54) is 0 Å². The number of halogens is 1. The minimum Gasteiger partial charge on any atom is -0.352 e. The molecular formula is C21H20ClN5O. The molecule has 3 heterocycles. The highest BCUT2D eigenvalue weighted by Gasteiger charge is 2.22. The Morgan fingerprint density at radius 2 is 1.79 bits per heavy atom. The SMILES string of the molecule is O=C(Cc1ccccc1Cl)N1CCN(c2ccc(-c3cccnc3)nn2)CC1. The zero-order chi connectivity index (χ0) is 19.3. The van der Waals surface area contributed by atoms with E-state index in [2.05, 4.69) is 20.1 Å². The number of nitrogens with zero attached hydrogens (tertiary/aromatic N) is 5. The van der Waals surface area contributed by atoms with Crippen molar-refractivity contribution in [1.29, 1.82) is 0 Å². The Kier molecular flexibility index (Phi) is 5.48. The molecule has 0 unspecified atom stereocenters. The lowest BCUT2D eigenvalue weighted by Crippen LogP contribution is -2.49. The zero-order valence-electron chi connectivity index (χ0n) is 15.3. The van der Waals surface area contributed by atoms with Gasteiger partial charge in [-0.2, -0.15) is 0 Å². The smallest absolute Gasteiger partial charge is 0.227 e. The first-order valence-electron chi connectivity index (χ1n) is 9.21. The molecule has 142 valence electrons.